The van der Waals surface area contributed by atoms with E-state index in [4.69, 9.17) is 47.0 Å². The van der Waals surface area contributed by atoms with Gasteiger partial charge in [-0.2, -0.15) is 10.2 Å². The maximum atomic E-state index is 6.30. The van der Waals surface area contributed by atoms with Gasteiger partial charge in [-0.3, -0.25) is 9.36 Å². The van der Waals surface area contributed by atoms with Gasteiger partial charge in [-0.1, -0.05) is 71.2 Å². The van der Waals surface area contributed by atoms with Gasteiger partial charge in [0.25, 0.3) is 0 Å². The van der Waals surface area contributed by atoms with Crippen molar-refractivity contribution >= 4 is 63.8 Å². The third-order valence-electron chi connectivity index (χ3n) is 4.40. The standard InChI is InChI=1S/C21H17Cl3N6S/c22-16-7-4-8-17(23)15(16)12-29-10-9-19(27-29)25-21(31)26-20-18(24)13-30(28-20)11-14-5-2-1-3-6-14/h1-10,13H,11-12H2,(H2,25,26,27,28,31). The Labute approximate surface area is 199 Å². The van der Waals surface area contributed by atoms with Crippen LogP contribution in [0.25, 0.3) is 0 Å². The highest BCUT2D eigenvalue weighted by Crippen LogP contribution is 2.25. The number of nitrogens with one attached hydrogen (secondary N) is 2. The van der Waals surface area contributed by atoms with E-state index >= 15 is 0 Å². The minimum absolute atomic E-state index is 0.327. The molecule has 0 spiro atoms. The molecule has 2 N–H and O–H groups in total. The molecule has 2 heterocycles. The molecule has 0 atom stereocenters. The van der Waals surface area contributed by atoms with Gasteiger partial charge >= 0.3 is 0 Å². The maximum Gasteiger partial charge on any atom is 0.177 e. The minimum atomic E-state index is 0.327. The molecule has 31 heavy (non-hydrogen) atoms. The van der Waals surface area contributed by atoms with Crippen LogP contribution in [0.5, 0.6) is 0 Å². The second kappa shape index (κ2) is 9.70. The van der Waals surface area contributed by atoms with Crippen LogP contribution in [0.2, 0.25) is 15.1 Å². The highest BCUT2D eigenvalue weighted by molar-refractivity contribution is 7.80. The van der Waals surface area contributed by atoms with Crippen LogP contribution in [0.1, 0.15) is 11.1 Å². The summed E-state index contributed by atoms with van der Waals surface area (Å²) in [5, 5.41) is 16.9. The fraction of sp³-hybridized carbons (Fsp3) is 0.0952. The highest BCUT2D eigenvalue weighted by Gasteiger charge is 2.11. The van der Waals surface area contributed by atoms with Crippen molar-refractivity contribution in [2.45, 2.75) is 13.1 Å². The molecular weight excluding hydrogens is 475 g/mol. The normalized spacial score (nSPS) is 10.8. The van der Waals surface area contributed by atoms with Crippen molar-refractivity contribution in [1.82, 2.24) is 19.6 Å². The average molecular weight is 492 g/mol. The minimum Gasteiger partial charge on any atom is -0.316 e. The van der Waals surface area contributed by atoms with Crippen LogP contribution in [0.3, 0.4) is 0 Å². The van der Waals surface area contributed by atoms with E-state index < -0.39 is 0 Å². The molecule has 10 heteroatoms. The Bertz CT molecular complexity index is 1180. The zero-order valence-corrected chi connectivity index (χ0v) is 19.2. The largest absolute Gasteiger partial charge is 0.316 e. The third-order valence-corrected chi connectivity index (χ3v) is 5.59. The van der Waals surface area contributed by atoms with E-state index in [0.717, 1.165) is 11.1 Å². The Morgan fingerprint density at radius 1 is 0.806 bits per heavy atom. The molecule has 2 aromatic heterocycles. The molecule has 4 rings (SSSR count). The van der Waals surface area contributed by atoms with Crippen molar-refractivity contribution < 1.29 is 0 Å². The third kappa shape index (κ3) is 5.57. The molecule has 0 saturated heterocycles. The highest BCUT2D eigenvalue weighted by atomic mass is 35.5. The van der Waals surface area contributed by atoms with Gasteiger partial charge in [-0.25, -0.2) is 0 Å². The molecule has 158 valence electrons. The average Bonchev–Trinajstić information content (AvgIpc) is 3.31. The predicted molar refractivity (Wildman–Crippen MR) is 130 cm³/mol. The Morgan fingerprint density at radius 3 is 2.29 bits per heavy atom. The summed E-state index contributed by atoms with van der Waals surface area (Å²) in [6, 6.07) is 17.2. The second-order valence-corrected chi connectivity index (χ2v) is 8.32. The summed E-state index contributed by atoms with van der Waals surface area (Å²) in [5.74, 6) is 1.04. The fourth-order valence-electron chi connectivity index (χ4n) is 2.95. The first-order chi connectivity index (χ1) is 15.0. The van der Waals surface area contributed by atoms with E-state index in [9.17, 15) is 0 Å². The lowest BCUT2D eigenvalue weighted by Gasteiger charge is -2.08. The molecular formula is C21H17Cl3N6S. The Morgan fingerprint density at radius 2 is 1.55 bits per heavy atom. The molecule has 0 bridgehead atoms. The van der Waals surface area contributed by atoms with Gasteiger partial charge in [-0.15, -0.1) is 0 Å². The second-order valence-electron chi connectivity index (χ2n) is 6.69. The number of nitrogens with zero attached hydrogens (tertiary/aromatic N) is 4. The van der Waals surface area contributed by atoms with Gasteiger partial charge < -0.3 is 10.6 Å². The Kier molecular flexibility index (Phi) is 6.77. The number of halogens is 3. The predicted octanol–water partition coefficient (Wildman–Crippen LogP) is 5.95. The molecule has 0 radical (unpaired) electrons. The van der Waals surface area contributed by atoms with E-state index in [1.54, 1.807) is 39.8 Å². The van der Waals surface area contributed by atoms with Crippen molar-refractivity contribution in [1.29, 1.82) is 0 Å². The first kappa shape index (κ1) is 21.6. The van der Waals surface area contributed by atoms with Crippen molar-refractivity contribution in [2.24, 2.45) is 0 Å². The SMILES string of the molecule is S=C(Nc1ccn(Cc2c(Cl)cccc2Cl)n1)Nc1nn(Cc2ccccc2)cc1Cl. The summed E-state index contributed by atoms with van der Waals surface area (Å²) < 4.78 is 3.48. The summed E-state index contributed by atoms with van der Waals surface area (Å²) in [6.07, 6.45) is 3.56. The first-order valence-corrected chi connectivity index (χ1v) is 10.8. The lowest BCUT2D eigenvalue weighted by molar-refractivity contribution is 0.689. The number of anilines is 2. The van der Waals surface area contributed by atoms with E-state index in [1.165, 1.54) is 0 Å². The van der Waals surface area contributed by atoms with E-state index in [-0.39, 0.29) is 0 Å². The number of hydrogen-bond donors (Lipinski definition) is 2. The molecule has 0 saturated carbocycles. The van der Waals surface area contributed by atoms with E-state index in [1.807, 2.05) is 36.5 Å². The monoisotopic (exact) mass is 490 g/mol. The summed E-state index contributed by atoms with van der Waals surface area (Å²) >= 11 is 24.2. The smallest absolute Gasteiger partial charge is 0.177 e. The van der Waals surface area contributed by atoms with Crippen molar-refractivity contribution in [2.75, 3.05) is 10.6 Å². The van der Waals surface area contributed by atoms with Gasteiger partial charge in [0, 0.05) is 34.1 Å². The zero-order valence-electron chi connectivity index (χ0n) is 16.1. The first-order valence-electron chi connectivity index (χ1n) is 9.29. The molecule has 0 unspecified atom stereocenters. The molecule has 0 amide bonds. The summed E-state index contributed by atoms with van der Waals surface area (Å²) in [6.45, 7) is 1.05. The lowest BCUT2D eigenvalue weighted by Crippen LogP contribution is -2.20. The van der Waals surface area contributed by atoms with Crippen LogP contribution in [0, 0.1) is 0 Å². The molecule has 0 aliphatic rings. The quantitative estimate of drug-likeness (QED) is 0.327. The van der Waals surface area contributed by atoms with Gasteiger partial charge in [0.2, 0.25) is 0 Å². The number of thiocarbonyl (C=S) groups is 1. The van der Waals surface area contributed by atoms with Gasteiger partial charge in [0.15, 0.2) is 16.7 Å². The fourth-order valence-corrected chi connectivity index (χ4v) is 3.87. The number of rotatable bonds is 6. The molecule has 6 nitrogen and oxygen atoms in total. The maximum absolute atomic E-state index is 6.30. The van der Waals surface area contributed by atoms with Crippen LogP contribution < -0.4 is 10.6 Å². The molecule has 2 aromatic carbocycles. The van der Waals surface area contributed by atoms with Crippen LogP contribution in [-0.2, 0) is 13.1 Å². The Balaban J connectivity index is 1.37. The lowest BCUT2D eigenvalue weighted by atomic mass is 10.2. The molecule has 4 aromatic rings. The van der Waals surface area contributed by atoms with Gasteiger partial charge in [0.1, 0.15) is 5.02 Å². The van der Waals surface area contributed by atoms with E-state index in [0.29, 0.717) is 44.9 Å². The molecule has 0 aliphatic heterocycles. The van der Waals surface area contributed by atoms with E-state index in [2.05, 4.69) is 20.8 Å². The molecule has 0 fully saturated rings. The van der Waals surface area contributed by atoms with Gasteiger partial charge in [0.05, 0.1) is 13.1 Å². The van der Waals surface area contributed by atoms with Crippen LogP contribution in [0.15, 0.2) is 67.0 Å². The van der Waals surface area contributed by atoms with Crippen LogP contribution in [0.4, 0.5) is 11.6 Å². The van der Waals surface area contributed by atoms with Crippen molar-refractivity contribution in [3.05, 3.63) is 93.2 Å². The van der Waals surface area contributed by atoms with Gasteiger partial charge in [-0.05, 0) is 29.9 Å². The topological polar surface area (TPSA) is 59.7 Å². The van der Waals surface area contributed by atoms with Crippen LogP contribution >= 0.6 is 47.0 Å². The summed E-state index contributed by atoms with van der Waals surface area (Å²) in [4.78, 5) is 0. The van der Waals surface area contributed by atoms with Crippen molar-refractivity contribution in [3.63, 3.8) is 0 Å². The summed E-state index contributed by atoms with van der Waals surface area (Å²) in [7, 11) is 0. The Hall–Kier alpha value is -2.58. The van der Waals surface area contributed by atoms with Crippen molar-refractivity contribution in [3.8, 4) is 0 Å². The zero-order chi connectivity index (χ0) is 21.8. The molecule has 0 aliphatic carbocycles. The summed E-state index contributed by atoms with van der Waals surface area (Å²) in [5.41, 5.74) is 1.93. The number of aromatic nitrogens is 4. The van der Waals surface area contributed by atoms with Crippen LogP contribution in [-0.4, -0.2) is 24.7 Å². The number of hydrogen-bond acceptors (Lipinski definition) is 3. The number of benzene rings is 2.